The molecule has 0 aromatic heterocycles. The predicted octanol–water partition coefficient (Wildman–Crippen LogP) is 3.76. The number of rotatable bonds is 3. The maximum absolute atomic E-state index is 5.98. The summed E-state index contributed by atoms with van der Waals surface area (Å²) in [4.78, 5) is 1.25. The van der Waals surface area contributed by atoms with Gasteiger partial charge >= 0.3 is 0 Å². The Labute approximate surface area is 96.8 Å². The Morgan fingerprint density at radius 1 is 1.33 bits per heavy atom. The first-order valence-electron chi connectivity index (χ1n) is 5.10. The van der Waals surface area contributed by atoms with Gasteiger partial charge in [0.15, 0.2) is 0 Å². The molecular formula is C13H19NS. The minimum atomic E-state index is -0.0731. The predicted molar refractivity (Wildman–Crippen MR) is 69.2 cm³/mol. The number of thioether (sulfide) groups is 1. The zero-order chi connectivity index (χ0) is 11.5. The first-order chi connectivity index (χ1) is 6.94. The van der Waals surface area contributed by atoms with E-state index in [0.717, 1.165) is 5.56 Å². The lowest BCUT2D eigenvalue weighted by atomic mass is 10.1. The van der Waals surface area contributed by atoms with E-state index in [-0.39, 0.29) is 10.8 Å². The van der Waals surface area contributed by atoms with E-state index in [4.69, 9.17) is 5.73 Å². The van der Waals surface area contributed by atoms with Crippen molar-refractivity contribution in [3.05, 3.63) is 42.5 Å². The van der Waals surface area contributed by atoms with Gasteiger partial charge in [-0.25, -0.2) is 0 Å². The van der Waals surface area contributed by atoms with Crippen molar-refractivity contribution >= 4 is 11.8 Å². The highest BCUT2D eigenvalue weighted by Gasteiger charge is 2.16. The summed E-state index contributed by atoms with van der Waals surface area (Å²) in [6.07, 6.45) is 1.78. The molecule has 0 aliphatic heterocycles. The molecule has 0 radical (unpaired) electrons. The van der Waals surface area contributed by atoms with Gasteiger partial charge in [-0.05, 0) is 11.6 Å². The van der Waals surface area contributed by atoms with Gasteiger partial charge in [0.1, 0.15) is 0 Å². The minimum absolute atomic E-state index is 0.0731. The summed E-state index contributed by atoms with van der Waals surface area (Å²) in [7, 11) is 0. The molecule has 0 unspecified atom stereocenters. The van der Waals surface area contributed by atoms with Crippen molar-refractivity contribution in [2.45, 2.75) is 36.5 Å². The maximum atomic E-state index is 5.98. The summed E-state index contributed by atoms with van der Waals surface area (Å²) in [5, 5.41) is 0. The van der Waals surface area contributed by atoms with E-state index < -0.39 is 0 Å². The Bertz CT molecular complexity index is 339. The molecule has 1 aromatic carbocycles. The van der Waals surface area contributed by atoms with Crippen LogP contribution < -0.4 is 5.73 Å². The third kappa shape index (κ3) is 3.73. The Morgan fingerprint density at radius 3 is 2.47 bits per heavy atom. The average Bonchev–Trinajstić information content (AvgIpc) is 2.15. The summed E-state index contributed by atoms with van der Waals surface area (Å²) in [5.74, 6) is 0. The van der Waals surface area contributed by atoms with Crippen molar-refractivity contribution in [2.75, 3.05) is 0 Å². The molecule has 0 amide bonds. The van der Waals surface area contributed by atoms with Crippen LogP contribution in [0.3, 0.4) is 0 Å². The van der Waals surface area contributed by atoms with Crippen LogP contribution in [0.15, 0.2) is 41.8 Å². The summed E-state index contributed by atoms with van der Waals surface area (Å²) in [6.45, 7) is 10.3. The number of benzene rings is 1. The third-order valence-electron chi connectivity index (χ3n) is 1.95. The molecule has 15 heavy (non-hydrogen) atoms. The monoisotopic (exact) mass is 221 g/mol. The molecule has 0 fully saturated rings. The molecular weight excluding hydrogens is 202 g/mol. The number of nitrogens with two attached hydrogens (primary N) is 1. The fourth-order valence-electron chi connectivity index (χ4n) is 1.31. The second-order valence-corrected chi connectivity index (χ2v) is 6.38. The van der Waals surface area contributed by atoms with Crippen LogP contribution in [-0.2, 0) is 0 Å². The van der Waals surface area contributed by atoms with Crippen LogP contribution in [-0.4, -0.2) is 4.75 Å². The zero-order valence-corrected chi connectivity index (χ0v) is 10.5. The second-order valence-electron chi connectivity index (χ2n) is 4.51. The van der Waals surface area contributed by atoms with Gasteiger partial charge in [-0.3, -0.25) is 0 Å². The summed E-state index contributed by atoms with van der Waals surface area (Å²) in [6, 6.07) is 8.18. The van der Waals surface area contributed by atoms with E-state index in [0.29, 0.717) is 0 Å². The van der Waals surface area contributed by atoms with Gasteiger partial charge in [-0.1, -0.05) is 45.0 Å². The van der Waals surface area contributed by atoms with Crippen molar-refractivity contribution in [1.29, 1.82) is 0 Å². The lowest BCUT2D eigenvalue weighted by molar-refractivity contribution is 0.798. The average molecular weight is 221 g/mol. The van der Waals surface area contributed by atoms with E-state index in [1.165, 1.54) is 4.90 Å². The normalized spacial score (nSPS) is 13.6. The van der Waals surface area contributed by atoms with Gasteiger partial charge in [-0.2, -0.15) is 0 Å². The molecule has 0 spiro atoms. The minimum Gasteiger partial charge on any atom is -0.321 e. The molecule has 1 aromatic rings. The molecule has 0 heterocycles. The molecule has 0 saturated carbocycles. The third-order valence-corrected chi connectivity index (χ3v) is 3.15. The van der Waals surface area contributed by atoms with Gasteiger partial charge < -0.3 is 5.73 Å². The van der Waals surface area contributed by atoms with Crippen molar-refractivity contribution in [3.63, 3.8) is 0 Å². The van der Waals surface area contributed by atoms with E-state index in [9.17, 15) is 0 Å². The fraction of sp³-hybridized carbons (Fsp3) is 0.385. The number of hydrogen-bond acceptors (Lipinski definition) is 2. The van der Waals surface area contributed by atoms with Crippen molar-refractivity contribution in [1.82, 2.24) is 0 Å². The summed E-state index contributed by atoms with van der Waals surface area (Å²) in [5.41, 5.74) is 7.14. The molecule has 0 aliphatic carbocycles. The molecule has 1 rings (SSSR count). The largest absolute Gasteiger partial charge is 0.321 e. The number of hydrogen-bond donors (Lipinski definition) is 1. The lowest BCUT2D eigenvalue weighted by Gasteiger charge is -2.21. The van der Waals surface area contributed by atoms with Gasteiger partial charge in [0, 0.05) is 15.7 Å². The highest BCUT2D eigenvalue weighted by atomic mass is 32.2. The Kier molecular flexibility index (Phi) is 4.00. The maximum Gasteiger partial charge on any atom is 0.0489 e. The van der Waals surface area contributed by atoms with Crippen LogP contribution in [0.1, 0.15) is 32.4 Å². The highest BCUT2D eigenvalue weighted by molar-refractivity contribution is 8.00. The molecule has 1 atom stereocenters. The van der Waals surface area contributed by atoms with Crippen molar-refractivity contribution in [2.24, 2.45) is 5.73 Å². The first kappa shape index (κ1) is 12.3. The van der Waals surface area contributed by atoms with Crippen LogP contribution in [0.25, 0.3) is 0 Å². The Morgan fingerprint density at radius 2 is 1.93 bits per heavy atom. The smallest absolute Gasteiger partial charge is 0.0489 e. The second kappa shape index (κ2) is 4.86. The van der Waals surface area contributed by atoms with Gasteiger partial charge in [-0.15, -0.1) is 18.3 Å². The summed E-state index contributed by atoms with van der Waals surface area (Å²) < 4.78 is 0.205. The SMILES string of the molecule is C=C[C@H](N)c1ccccc1SC(C)(C)C. The van der Waals surface area contributed by atoms with Crippen LogP contribution in [0.5, 0.6) is 0 Å². The zero-order valence-electron chi connectivity index (χ0n) is 9.66. The van der Waals surface area contributed by atoms with Crippen LogP contribution in [0.2, 0.25) is 0 Å². The van der Waals surface area contributed by atoms with E-state index in [1.807, 2.05) is 23.9 Å². The van der Waals surface area contributed by atoms with Crippen LogP contribution in [0, 0.1) is 0 Å². The topological polar surface area (TPSA) is 26.0 Å². The van der Waals surface area contributed by atoms with E-state index in [2.05, 4.69) is 39.5 Å². The molecule has 0 aliphatic rings. The standard InChI is InChI=1S/C13H19NS/c1-5-11(14)10-8-6-7-9-12(10)15-13(2,3)4/h5-9,11H,1,14H2,2-4H3/t11-/m0/s1. The molecule has 1 nitrogen and oxygen atoms in total. The molecule has 2 N–H and O–H groups in total. The lowest BCUT2D eigenvalue weighted by Crippen LogP contribution is -2.11. The molecule has 2 heteroatoms. The van der Waals surface area contributed by atoms with Crippen LogP contribution in [0.4, 0.5) is 0 Å². The summed E-state index contributed by atoms with van der Waals surface area (Å²) >= 11 is 1.84. The van der Waals surface area contributed by atoms with Gasteiger partial charge in [0.25, 0.3) is 0 Å². The fourth-order valence-corrected chi connectivity index (χ4v) is 2.43. The van der Waals surface area contributed by atoms with Crippen molar-refractivity contribution < 1.29 is 0 Å². The Balaban J connectivity index is 3.01. The highest BCUT2D eigenvalue weighted by Crippen LogP contribution is 2.35. The van der Waals surface area contributed by atoms with E-state index >= 15 is 0 Å². The molecule has 82 valence electrons. The van der Waals surface area contributed by atoms with Gasteiger partial charge in [0.2, 0.25) is 0 Å². The van der Waals surface area contributed by atoms with Crippen molar-refractivity contribution in [3.8, 4) is 0 Å². The Hall–Kier alpha value is -0.730. The van der Waals surface area contributed by atoms with Gasteiger partial charge in [0.05, 0.1) is 0 Å². The van der Waals surface area contributed by atoms with Crippen LogP contribution >= 0.6 is 11.8 Å². The molecule has 0 saturated heterocycles. The van der Waals surface area contributed by atoms with E-state index in [1.54, 1.807) is 6.08 Å². The molecule has 0 bridgehead atoms. The quantitative estimate of drug-likeness (QED) is 0.621. The first-order valence-corrected chi connectivity index (χ1v) is 5.92.